The summed E-state index contributed by atoms with van der Waals surface area (Å²) in [5.41, 5.74) is 0.191. The number of benzene rings is 1. The van der Waals surface area contributed by atoms with Crippen molar-refractivity contribution in [2.24, 2.45) is 0 Å². The van der Waals surface area contributed by atoms with Crippen molar-refractivity contribution in [2.45, 2.75) is 18.9 Å². The minimum atomic E-state index is -1.02. The molecule has 3 nitrogen and oxygen atoms in total. The largest absolute Gasteiger partial charge is 0.386 e. The molecule has 17 heavy (non-hydrogen) atoms. The van der Waals surface area contributed by atoms with Crippen LogP contribution >= 0.6 is 0 Å². The van der Waals surface area contributed by atoms with Crippen LogP contribution < -0.4 is 5.32 Å². The summed E-state index contributed by atoms with van der Waals surface area (Å²) in [5.74, 6) is -0.652. The van der Waals surface area contributed by atoms with Crippen LogP contribution in [0.5, 0.6) is 0 Å². The summed E-state index contributed by atoms with van der Waals surface area (Å²) in [6, 6.07) is 5.96. The van der Waals surface area contributed by atoms with Gasteiger partial charge >= 0.3 is 0 Å². The van der Waals surface area contributed by atoms with E-state index >= 15 is 0 Å². The third-order valence-corrected chi connectivity index (χ3v) is 2.33. The van der Waals surface area contributed by atoms with Gasteiger partial charge in [-0.05, 0) is 12.5 Å². The normalized spacial score (nSPS) is 11.9. The minimum Gasteiger partial charge on any atom is -0.386 e. The fraction of sp³-hybridized carbons (Fsp3) is 0.308. The van der Waals surface area contributed by atoms with E-state index in [-0.39, 0.29) is 18.0 Å². The Morgan fingerprint density at radius 3 is 2.88 bits per heavy atom. The van der Waals surface area contributed by atoms with Crippen molar-refractivity contribution >= 4 is 5.91 Å². The molecule has 0 fully saturated rings. The molecule has 0 aromatic heterocycles. The topological polar surface area (TPSA) is 49.3 Å². The maximum atomic E-state index is 13.3. The second-order valence-corrected chi connectivity index (χ2v) is 3.67. The summed E-state index contributed by atoms with van der Waals surface area (Å²) in [6.07, 6.45) is 1.53. The summed E-state index contributed by atoms with van der Waals surface area (Å²) >= 11 is 0. The standard InChI is InChI=1S/C13H16FNO2/c1-2-3-8-13(17)15-9-12(16)10-6-4-5-7-11(10)14/h2,4-7,12,16H,1,3,8-9H2,(H,15,17). The Labute approximate surface area is 100.0 Å². The maximum Gasteiger partial charge on any atom is 0.220 e. The first kappa shape index (κ1) is 13.4. The second-order valence-electron chi connectivity index (χ2n) is 3.67. The van der Waals surface area contributed by atoms with Crippen molar-refractivity contribution in [1.29, 1.82) is 0 Å². The quantitative estimate of drug-likeness (QED) is 0.743. The van der Waals surface area contributed by atoms with E-state index in [9.17, 15) is 14.3 Å². The summed E-state index contributed by atoms with van der Waals surface area (Å²) in [5, 5.41) is 12.2. The number of aliphatic hydroxyl groups is 1. The van der Waals surface area contributed by atoms with E-state index in [2.05, 4.69) is 11.9 Å². The molecule has 1 aromatic rings. The van der Waals surface area contributed by atoms with Crippen molar-refractivity contribution in [3.63, 3.8) is 0 Å². The molecule has 2 N–H and O–H groups in total. The lowest BCUT2D eigenvalue weighted by Crippen LogP contribution is -2.28. The van der Waals surface area contributed by atoms with Gasteiger partial charge in [0.1, 0.15) is 5.82 Å². The lowest BCUT2D eigenvalue weighted by Gasteiger charge is -2.12. The first-order chi connectivity index (χ1) is 8.15. The van der Waals surface area contributed by atoms with Crippen LogP contribution in [0.2, 0.25) is 0 Å². The molecule has 0 saturated heterocycles. The number of hydrogen-bond donors (Lipinski definition) is 2. The van der Waals surface area contributed by atoms with Gasteiger partial charge in [-0.1, -0.05) is 24.3 Å². The molecular formula is C13H16FNO2. The Hall–Kier alpha value is -1.68. The first-order valence-electron chi connectivity index (χ1n) is 5.45. The molecule has 4 heteroatoms. The Bertz CT molecular complexity index is 393. The van der Waals surface area contributed by atoms with E-state index in [1.165, 1.54) is 12.1 Å². The molecule has 1 atom stereocenters. The van der Waals surface area contributed by atoms with Gasteiger partial charge in [0.2, 0.25) is 5.91 Å². The Kier molecular flexibility index (Phi) is 5.36. The summed E-state index contributed by atoms with van der Waals surface area (Å²) < 4.78 is 13.3. The van der Waals surface area contributed by atoms with Crippen molar-refractivity contribution in [1.82, 2.24) is 5.32 Å². The number of carbonyl (C=O) groups excluding carboxylic acids is 1. The SMILES string of the molecule is C=CCCC(=O)NCC(O)c1ccccc1F. The molecule has 1 rings (SSSR count). The molecule has 0 aliphatic carbocycles. The lowest BCUT2D eigenvalue weighted by atomic mass is 10.1. The molecule has 0 bridgehead atoms. The van der Waals surface area contributed by atoms with Crippen molar-refractivity contribution in [3.05, 3.63) is 48.3 Å². The maximum absolute atomic E-state index is 13.3. The van der Waals surface area contributed by atoms with Crippen LogP contribution in [0.1, 0.15) is 24.5 Å². The smallest absolute Gasteiger partial charge is 0.220 e. The molecule has 0 saturated carbocycles. The molecule has 0 spiro atoms. The lowest BCUT2D eigenvalue weighted by molar-refractivity contribution is -0.121. The van der Waals surface area contributed by atoms with Crippen molar-refractivity contribution < 1.29 is 14.3 Å². The van der Waals surface area contributed by atoms with E-state index in [1.807, 2.05) is 0 Å². The molecule has 1 unspecified atom stereocenters. The van der Waals surface area contributed by atoms with Crippen LogP contribution in [0.15, 0.2) is 36.9 Å². The van der Waals surface area contributed by atoms with Crippen LogP contribution in [0.3, 0.4) is 0 Å². The highest BCUT2D eigenvalue weighted by Gasteiger charge is 2.12. The van der Waals surface area contributed by atoms with Gasteiger partial charge < -0.3 is 10.4 Å². The number of aliphatic hydroxyl groups excluding tert-OH is 1. The van der Waals surface area contributed by atoms with Gasteiger partial charge in [-0.15, -0.1) is 6.58 Å². The summed E-state index contributed by atoms with van der Waals surface area (Å²) in [4.78, 5) is 11.3. The van der Waals surface area contributed by atoms with E-state index in [4.69, 9.17) is 0 Å². The van der Waals surface area contributed by atoms with Crippen LogP contribution in [0, 0.1) is 5.82 Å². The first-order valence-corrected chi connectivity index (χ1v) is 5.45. The molecular weight excluding hydrogens is 221 g/mol. The third-order valence-electron chi connectivity index (χ3n) is 2.33. The third kappa shape index (κ3) is 4.36. The number of amides is 1. The van der Waals surface area contributed by atoms with Crippen LogP contribution in [0.4, 0.5) is 4.39 Å². The average Bonchev–Trinajstić information content (AvgIpc) is 2.34. The van der Waals surface area contributed by atoms with Gasteiger partial charge in [0.05, 0.1) is 6.10 Å². The zero-order valence-corrected chi connectivity index (χ0v) is 9.53. The molecule has 0 radical (unpaired) electrons. The molecule has 1 aromatic carbocycles. The number of hydrogen-bond acceptors (Lipinski definition) is 2. The number of carbonyl (C=O) groups is 1. The van der Waals surface area contributed by atoms with Gasteiger partial charge in [-0.2, -0.15) is 0 Å². The number of halogens is 1. The number of nitrogens with one attached hydrogen (secondary N) is 1. The Balaban J connectivity index is 2.45. The highest BCUT2D eigenvalue weighted by atomic mass is 19.1. The highest BCUT2D eigenvalue weighted by molar-refractivity contribution is 5.76. The van der Waals surface area contributed by atoms with E-state index in [0.717, 1.165) is 0 Å². The molecule has 92 valence electrons. The molecule has 0 aliphatic heterocycles. The molecule has 1 amide bonds. The Morgan fingerprint density at radius 2 is 2.24 bits per heavy atom. The highest BCUT2D eigenvalue weighted by Crippen LogP contribution is 2.15. The summed E-state index contributed by atoms with van der Waals surface area (Å²) in [7, 11) is 0. The summed E-state index contributed by atoms with van der Waals surface area (Å²) in [6.45, 7) is 3.52. The van der Waals surface area contributed by atoms with Crippen molar-refractivity contribution in [3.8, 4) is 0 Å². The fourth-order valence-electron chi connectivity index (χ4n) is 1.39. The predicted octanol–water partition coefficient (Wildman–Crippen LogP) is 1.94. The van der Waals surface area contributed by atoms with Gasteiger partial charge in [0.15, 0.2) is 0 Å². The van der Waals surface area contributed by atoms with Crippen LogP contribution in [0.25, 0.3) is 0 Å². The zero-order chi connectivity index (χ0) is 12.7. The van der Waals surface area contributed by atoms with Gasteiger partial charge in [-0.3, -0.25) is 4.79 Å². The molecule has 0 heterocycles. The minimum absolute atomic E-state index is 0.0108. The number of rotatable bonds is 6. The Morgan fingerprint density at radius 1 is 1.53 bits per heavy atom. The van der Waals surface area contributed by atoms with E-state index < -0.39 is 11.9 Å². The van der Waals surface area contributed by atoms with E-state index in [0.29, 0.717) is 12.8 Å². The van der Waals surface area contributed by atoms with Gasteiger partial charge in [0.25, 0.3) is 0 Å². The van der Waals surface area contributed by atoms with Gasteiger partial charge in [0, 0.05) is 18.5 Å². The zero-order valence-electron chi connectivity index (χ0n) is 9.53. The fourth-order valence-corrected chi connectivity index (χ4v) is 1.39. The average molecular weight is 237 g/mol. The van der Waals surface area contributed by atoms with Crippen LogP contribution in [-0.4, -0.2) is 17.6 Å². The second kappa shape index (κ2) is 6.81. The molecule has 0 aliphatic rings. The van der Waals surface area contributed by atoms with Crippen molar-refractivity contribution in [2.75, 3.05) is 6.54 Å². The monoisotopic (exact) mass is 237 g/mol. The number of allylic oxidation sites excluding steroid dienone is 1. The predicted molar refractivity (Wildman–Crippen MR) is 63.8 cm³/mol. The van der Waals surface area contributed by atoms with Crippen LogP contribution in [-0.2, 0) is 4.79 Å². The van der Waals surface area contributed by atoms with Gasteiger partial charge in [-0.25, -0.2) is 4.39 Å². The van der Waals surface area contributed by atoms with E-state index in [1.54, 1.807) is 18.2 Å².